The maximum absolute atomic E-state index is 9.65. The summed E-state index contributed by atoms with van der Waals surface area (Å²) in [7, 11) is 1.93. The Morgan fingerprint density at radius 3 is 3.13 bits per heavy atom. The number of hydrogen-bond acceptors (Lipinski definition) is 2. The lowest BCUT2D eigenvalue weighted by molar-refractivity contribution is 0.211. The second-order valence-corrected chi connectivity index (χ2v) is 4.34. The summed E-state index contributed by atoms with van der Waals surface area (Å²) in [5.41, 5.74) is 2.59. The summed E-state index contributed by atoms with van der Waals surface area (Å²) in [5.74, 6) is 0. The summed E-state index contributed by atoms with van der Waals surface area (Å²) >= 11 is 0. The van der Waals surface area contributed by atoms with Crippen molar-refractivity contribution in [2.75, 3.05) is 0 Å². The predicted molar refractivity (Wildman–Crippen MR) is 59.5 cm³/mol. The molecule has 1 aliphatic carbocycles. The first kappa shape index (κ1) is 10.4. The Kier molecular flexibility index (Phi) is 3.21. The predicted octanol–water partition coefficient (Wildman–Crippen LogP) is 1.82. The highest BCUT2D eigenvalue weighted by molar-refractivity contribution is 5.18. The molecule has 0 amide bonds. The molecule has 0 saturated heterocycles. The molecule has 1 unspecified atom stereocenters. The van der Waals surface area contributed by atoms with Crippen molar-refractivity contribution in [3.8, 4) is 0 Å². The van der Waals surface area contributed by atoms with E-state index >= 15 is 0 Å². The van der Waals surface area contributed by atoms with Crippen molar-refractivity contribution in [3.05, 3.63) is 29.6 Å². The first-order valence-corrected chi connectivity index (χ1v) is 5.59. The lowest BCUT2D eigenvalue weighted by Crippen LogP contribution is -2.01. The molecule has 3 nitrogen and oxygen atoms in total. The second-order valence-electron chi connectivity index (χ2n) is 4.34. The number of aryl methyl sites for hydroxylation is 1. The van der Waals surface area contributed by atoms with E-state index in [1.165, 1.54) is 17.6 Å². The van der Waals surface area contributed by atoms with Crippen molar-refractivity contribution in [1.29, 1.82) is 0 Å². The highest BCUT2D eigenvalue weighted by Crippen LogP contribution is 2.20. The number of rotatable bonds is 2. The van der Waals surface area contributed by atoms with Gasteiger partial charge in [-0.25, -0.2) is 0 Å². The first-order chi connectivity index (χ1) is 7.24. The minimum Gasteiger partial charge on any atom is -0.389 e. The van der Waals surface area contributed by atoms with Gasteiger partial charge in [-0.15, -0.1) is 0 Å². The molecule has 15 heavy (non-hydrogen) atoms. The fourth-order valence-corrected chi connectivity index (χ4v) is 2.12. The molecule has 0 radical (unpaired) electrons. The molecule has 0 saturated carbocycles. The molecule has 1 aliphatic rings. The van der Waals surface area contributed by atoms with E-state index in [-0.39, 0.29) is 6.10 Å². The zero-order valence-corrected chi connectivity index (χ0v) is 9.19. The Hall–Kier alpha value is -1.09. The third-order valence-corrected chi connectivity index (χ3v) is 2.87. The van der Waals surface area contributed by atoms with Gasteiger partial charge in [0.15, 0.2) is 0 Å². The van der Waals surface area contributed by atoms with E-state index in [1.807, 2.05) is 30.2 Å². The summed E-state index contributed by atoms with van der Waals surface area (Å²) in [6.07, 6.45) is 11.0. The zero-order chi connectivity index (χ0) is 10.7. The van der Waals surface area contributed by atoms with Gasteiger partial charge in [-0.05, 0) is 31.2 Å². The van der Waals surface area contributed by atoms with Crippen LogP contribution in [0, 0.1) is 0 Å². The van der Waals surface area contributed by atoms with Crippen LogP contribution in [-0.4, -0.2) is 21.0 Å². The standard InChI is InChI=1S/C12H18N2O/c1-14-9-11(8-13-14)6-10-4-2-3-5-12(15)7-10/h7-9,12,15H,2-6H2,1H3. The molecule has 0 bridgehead atoms. The van der Waals surface area contributed by atoms with Crippen LogP contribution in [0.4, 0.5) is 0 Å². The number of nitrogens with zero attached hydrogens (tertiary/aromatic N) is 2. The van der Waals surface area contributed by atoms with E-state index in [1.54, 1.807) is 0 Å². The third-order valence-electron chi connectivity index (χ3n) is 2.87. The molecule has 0 fully saturated rings. The van der Waals surface area contributed by atoms with Gasteiger partial charge in [-0.3, -0.25) is 4.68 Å². The van der Waals surface area contributed by atoms with Gasteiger partial charge in [0, 0.05) is 13.2 Å². The van der Waals surface area contributed by atoms with Gasteiger partial charge < -0.3 is 5.11 Å². The molecule has 0 spiro atoms. The lowest BCUT2D eigenvalue weighted by atomic mass is 10.0. The maximum atomic E-state index is 9.65. The number of aromatic nitrogens is 2. The summed E-state index contributed by atoms with van der Waals surface area (Å²) < 4.78 is 1.82. The van der Waals surface area contributed by atoms with Crippen molar-refractivity contribution in [1.82, 2.24) is 9.78 Å². The van der Waals surface area contributed by atoms with Crippen LogP contribution in [0.25, 0.3) is 0 Å². The van der Waals surface area contributed by atoms with Gasteiger partial charge in [0.2, 0.25) is 0 Å². The van der Waals surface area contributed by atoms with Gasteiger partial charge in [0.1, 0.15) is 0 Å². The average molecular weight is 206 g/mol. The summed E-state index contributed by atoms with van der Waals surface area (Å²) in [6.45, 7) is 0. The molecule has 0 aromatic carbocycles. The topological polar surface area (TPSA) is 38.0 Å². The fraction of sp³-hybridized carbons (Fsp3) is 0.583. The van der Waals surface area contributed by atoms with Gasteiger partial charge >= 0.3 is 0 Å². The quantitative estimate of drug-likeness (QED) is 0.750. The molecule has 1 N–H and O–H groups in total. The summed E-state index contributed by atoms with van der Waals surface area (Å²) in [4.78, 5) is 0. The van der Waals surface area contributed by atoms with Crippen LogP contribution >= 0.6 is 0 Å². The molecule has 1 aromatic heterocycles. The zero-order valence-electron chi connectivity index (χ0n) is 9.19. The van der Waals surface area contributed by atoms with Crippen molar-refractivity contribution in [2.45, 2.75) is 38.2 Å². The maximum Gasteiger partial charge on any atom is 0.0723 e. The van der Waals surface area contributed by atoms with Crippen LogP contribution in [0.3, 0.4) is 0 Å². The molecule has 82 valence electrons. The van der Waals surface area contributed by atoms with Crippen LogP contribution in [-0.2, 0) is 13.5 Å². The molecule has 1 aromatic rings. The summed E-state index contributed by atoms with van der Waals surface area (Å²) in [6, 6.07) is 0. The van der Waals surface area contributed by atoms with Gasteiger partial charge in [0.05, 0.1) is 12.3 Å². The molecular weight excluding hydrogens is 188 g/mol. The normalized spacial score (nSPS) is 22.3. The van der Waals surface area contributed by atoms with Crippen LogP contribution in [0.2, 0.25) is 0 Å². The van der Waals surface area contributed by atoms with Crippen LogP contribution in [0.5, 0.6) is 0 Å². The Morgan fingerprint density at radius 1 is 1.53 bits per heavy atom. The molecule has 0 aliphatic heterocycles. The highest BCUT2D eigenvalue weighted by Gasteiger charge is 2.10. The minimum atomic E-state index is -0.237. The molecule has 1 heterocycles. The molecule has 2 rings (SSSR count). The SMILES string of the molecule is Cn1cc(CC2=CC(O)CCCC2)cn1. The van der Waals surface area contributed by atoms with E-state index in [4.69, 9.17) is 0 Å². The molecule has 3 heteroatoms. The van der Waals surface area contributed by atoms with Crippen LogP contribution in [0.15, 0.2) is 24.0 Å². The number of allylic oxidation sites excluding steroid dienone is 1. The van der Waals surface area contributed by atoms with Gasteiger partial charge in [0.25, 0.3) is 0 Å². The van der Waals surface area contributed by atoms with Gasteiger partial charge in [-0.1, -0.05) is 18.1 Å². The molecule has 1 atom stereocenters. The summed E-state index contributed by atoms with van der Waals surface area (Å²) in [5, 5.41) is 13.8. The smallest absolute Gasteiger partial charge is 0.0723 e. The van der Waals surface area contributed by atoms with Crippen LogP contribution < -0.4 is 0 Å². The monoisotopic (exact) mass is 206 g/mol. The van der Waals surface area contributed by atoms with Gasteiger partial charge in [-0.2, -0.15) is 5.10 Å². The Labute approximate surface area is 90.4 Å². The van der Waals surface area contributed by atoms with E-state index in [0.29, 0.717) is 0 Å². The van der Waals surface area contributed by atoms with E-state index < -0.39 is 0 Å². The minimum absolute atomic E-state index is 0.237. The van der Waals surface area contributed by atoms with Crippen LogP contribution in [0.1, 0.15) is 31.2 Å². The van der Waals surface area contributed by atoms with E-state index in [2.05, 4.69) is 5.10 Å². The number of aliphatic hydroxyl groups excluding tert-OH is 1. The highest BCUT2D eigenvalue weighted by atomic mass is 16.3. The Bertz CT molecular complexity index is 354. The van der Waals surface area contributed by atoms with E-state index in [0.717, 1.165) is 25.7 Å². The van der Waals surface area contributed by atoms with Crippen molar-refractivity contribution < 1.29 is 5.11 Å². The largest absolute Gasteiger partial charge is 0.389 e. The second kappa shape index (κ2) is 4.62. The van der Waals surface area contributed by atoms with E-state index in [9.17, 15) is 5.11 Å². The fourth-order valence-electron chi connectivity index (χ4n) is 2.12. The number of aliphatic hydroxyl groups is 1. The Morgan fingerprint density at radius 2 is 2.40 bits per heavy atom. The van der Waals surface area contributed by atoms with Crippen molar-refractivity contribution in [3.63, 3.8) is 0 Å². The number of hydrogen-bond donors (Lipinski definition) is 1. The average Bonchev–Trinajstić information content (AvgIpc) is 2.46. The van der Waals surface area contributed by atoms with Crippen molar-refractivity contribution in [2.24, 2.45) is 7.05 Å². The molecular formula is C12H18N2O. The van der Waals surface area contributed by atoms with Crippen molar-refractivity contribution >= 4 is 0 Å². The first-order valence-electron chi connectivity index (χ1n) is 5.59. The Balaban J connectivity index is 2.04. The lowest BCUT2D eigenvalue weighted by Gasteiger charge is -2.04. The third kappa shape index (κ3) is 2.93.